The quantitative estimate of drug-likeness (QED) is 0.298. The lowest BCUT2D eigenvalue weighted by atomic mass is 9.50. The molecule has 3 atom stereocenters. The van der Waals surface area contributed by atoms with E-state index in [0.717, 1.165) is 24.7 Å². The van der Waals surface area contributed by atoms with Gasteiger partial charge in [0, 0.05) is 11.6 Å². The molecule has 2 saturated heterocycles. The van der Waals surface area contributed by atoms with Crippen LogP contribution in [0.5, 0.6) is 0 Å². The third-order valence-electron chi connectivity index (χ3n) is 9.16. The van der Waals surface area contributed by atoms with E-state index in [-0.39, 0.29) is 25.2 Å². The Morgan fingerprint density at radius 2 is 1.44 bits per heavy atom. The van der Waals surface area contributed by atoms with Crippen LogP contribution in [-0.4, -0.2) is 36.6 Å². The van der Waals surface area contributed by atoms with E-state index < -0.39 is 16.8 Å². The van der Waals surface area contributed by atoms with E-state index in [2.05, 4.69) is 67.7 Å². The molecule has 3 fully saturated rings. The molecule has 6 heteroatoms. The highest BCUT2D eigenvalue weighted by atomic mass is 16.7. The summed E-state index contributed by atoms with van der Waals surface area (Å²) in [4.78, 5) is 0. The lowest BCUT2D eigenvalue weighted by Gasteiger charge is -2.42. The minimum absolute atomic E-state index is 0.182. The molecule has 0 aromatic heterocycles. The van der Waals surface area contributed by atoms with Gasteiger partial charge in [0.05, 0.1) is 22.4 Å². The Bertz CT molecular complexity index is 717. The number of hydrogen-bond donors (Lipinski definition) is 0. The zero-order chi connectivity index (χ0) is 24.0. The molecule has 2 unspecified atom stereocenters. The van der Waals surface area contributed by atoms with Crippen molar-refractivity contribution >= 4 is 14.2 Å². The summed E-state index contributed by atoms with van der Waals surface area (Å²) in [5, 5.41) is -0.182. The molecule has 0 radical (unpaired) electrons. The first-order valence-electron chi connectivity index (χ1n) is 12.7. The summed E-state index contributed by atoms with van der Waals surface area (Å²) in [6, 6.07) is 0. The van der Waals surface area contributed by atoms with Crippen molar-refractivity contribution in [3.63, 3.8) is 0 Å². The largest absolute Gasteiger partial charge is 0.468 e. The molecule has 0 spiro atoms. The van der Waals surface area contributed by atoms with Gasteiger partial charge in [-0.3, -0.25) is 0 Å². The molecule has 0 aromatic carbocycles. The van der Waals surface area contributed by atoms with Crippen molar-refractivity contribution in [2.45, 2.75) is 134 Å². The van der Waals surface area contributed by atoms with Gasteiger partial charge in [-0.1, -0.05) is 50.7 Å². The molecular formula is C26H46B2O4. The van der Waals surface area contributed by atoms with E-state index in [1.54, 1.807) is 0 Å². The first-order valence-corrected chi connectivity index (χ1v) is 12.7. The van der Waals surface area contributed by atoms with Gasteiger partial charge < -0.3 is 18.6 Å². The second kappa shape index (κ2) is 8.91. The standard InChI is InChI=1S/C26H46B2O4/c1-11-24(8,21-15-13-12-14-16-21)28-30-23(6,7)26(10,32-28)18-17-25(9)22(4,5)29-27(31-25)19-20(2)3/h11,21H,1-2,12-19H2,3-10H3/t24-,25?,26?/m0/s1. The van der Waals surface area contributed by atoms with E-state index >= 15 is 0 Å². The minimum atomic E-state index is -0.425. The maximum absolute atomic E-state index is 6.83. The predicted octanol–water partition coefficient (Wildman–Crippen LogP) is 7.01. The fourth-order valence-electron chi connectivity index (χ4n) is 5.70. The summed E-state index contributed by atoms with van der Waals surface area (Å²) in [7, 11) is -0.516. The molecule has 0 amide bonds. The van der Waals surface area contributed by atoms with Gasteiger partial charge in [0.2, 0.25) is 0 Å². The summed E-state index contributed by atoms with van der Waals surface area (Å²) < 4.78 is 26.2. The first-order chi connectivity index (χ1) is 14.7. The van der Waals surface area contributed by atoms with Crippen molar-refractivity contribution in [2.75, 3.05) is 0 Å². The molecule has 0 N–H and O–H groups in total. The summed E-state index contributed by atoms with van der Waals surface area (Å²) >= 11 is 0. The molecule has 3 aliphatic rings. The van der Waals surface area contributed by atoms with Crippen molar-refractivity contribution in [3.05, 3.63) is 24.8 Å². The van der Waals surface area contributed by atoms with Crippen LogP contribution in [0.1, 0.15) is 100 Å². The molecule has 4 nitrogen and oxygen atoms in total. The molecule has 2 heterocycles. The van der Waals surface area contributed by atoms with Crippen LogP contribution in [0.4, 0.5) is 0 Å². The second-order valence-electron chi connectivity index (χ2n) is 12.3. The zero-order valence-corrected chi connectivity index (χ0v) is 22.0. The molecular weight excluding hydrogens is 398 g/mol. The van der Waals surface area contributed by atoms with Crippen molar-refractivity contribution < 1.29 is 18.6 Å². The predicted molar refractivity (Wildman–Crippen MR) is 135 cm³/mol. The van der Waals surface area contributed by atoms with Gasteiger partial charge in [0.25, 0.3) is 0 Å². The number of rotatable bonds is 8. The van der Waals surface area contributed by atoms with Gasteiger partial charge in [-0.15, -0.1) is 13.2 Å². The number of allylic oxidation sites excluding steroid dienone is 2. The highest BCUT2D eigenvalue weighted by Crippen LogP contribution is 2.55. The topological polar surface area (TPSA) is 36.9 Å². The molecule has 32 heavy (non-hydrogen) atoms. The Balaban J connectivity index is 1.74. The summed E-state index contributed by atoms with van der Waals surface area (Å²) in [5.41, 5.74) is -0.549. The van der Waals surface area contributed by atoms with E-state index in [1.165, 1.54) is 32.1 Å². The molecule has 1 saturated carbocycles. The second-order valence-corrected chi connectivity index (χ2v) is 12.3. The lowest BCUT2D eigenvalue weighted by molar-refractivity contribution is -0.0577. The Morgan fingerprint density at radius 1 is 0.906 bits per heavy atom. The Labute approximate surface area is 198 Å². The van der Waals surface area contributed by atoms with Gasteiger partial charge in [-0.05, 0) is 67.2 Å². The van der Waals surface area contributed by atoms with Crippen LogP contribution in [0, 0.1) is 5.92 Å². The van der Waals surface area contributed by atoms with Crippen LogP contribution >= 0.6 is 0 Å². The van der Waals surface area contributed by atoms with Gasteiger partial charge in [0.1, 0.15) is 0 Å². The normalized spacial score (nSPS) is 34.5. The molecule has 2 aliphatic heterocycles. The van der Waals surface area contributed by atoms with Crippen molar-refractivity contribution in [1.29, 1.82) is 0 Å². The van der Waals surface area contributed by atoms with Gasteiger partial charge in [-0.2, -0.15) is 0 Å². The third-order valence-corrected chi connectivity index (χ3v) is 9.16. The minimum Gasteiger partial charge on any atom is -0.403 e. The van der Waals surface area contributed by atoms with Gasteiger partial charge >= 0.3 is 14.2 Å². The Hall–Kier alpha value is -0.550. The number of hydrogen-bond acceptors (Lipinski definition) is 4. The zero-order valence-electron chi connectivity index (χ0n) is 22.0. The average molecular weight is 444 g/mol. The van der Waals surface area contributed by atoms with E-state index in [9.17, 15) is 0 Å². The van der Waals surface area contributed by atoms with Crippen molar-refractivity contribution in [3.8, 4) is 0 Å². The monoisotopic (exact) mass is 444 g/mol. The van der Waals surface area contributed by atoms with Crippen molar-refractivity contribution in [2.24, 2.45) is 5.92 Å². The van der Waals surface area contributed by atoms with Crippen LogP contribution in [0.25, 0.3) is 0 Å². The highest BCUT2D eigenvalue weighted by Gasteiger charge is 2.62. The summed E-state index contributed by atoms with van der Waals surface area (Å²) in [5.74, 6) is 0.558. The summed E-state index contributed by atoms with van der Waals surface area (Å²) in [6.45, 7) is 25.5. The lowest BCUT2D eigenvalue weighted by Crippen LogP contribution is -2.50. The average Bonchev–Trinajstić information content (AvgIpc) is 3.08. The van der Waals surface area contributed by atoms with Crippen LogP contribution in [0.3, 0.4) is 0 Å². The Kier molecular flexibility index (Phi) is 7.25. The van der Waals surface area contributed by atoms with E-state index in [4.69, 9.17) is 18.6 Å². The van der Waals surface area contributed by atoms with E-state index in [0.29, 0.717) is 5.92 Å². The fourth-order valence-corrected chi connectivity index (χ4v) is 5.70. The van der Waals surface area contributed by atoms with Crippen LogP contribution in [0.15, 0.2) is 24.8 Å². The molecule has 0 bridgehead atoms. The highest BCUT2D eigenvalue weighted by molar-refractivity contribution is 6.50. The molecule has 1 aliphatic carbocycles. The van der Waals surface area contributed by atoms with Crippen molar-refractivity contribution in [1.82, 2.24) is 0 Å². The first kappa shape index (κ1) is 26.1. The maximum Gasteiger partial charge on any atom is 0.468 e. The molecule has 3 rings (SSSR count). The van der Waals surface area contributed by atoms with Crippen LogP contribution in [-0.2, 0) is 18.6 Å². The van der Waals surface area contributed by atoms with E-state index in [1.807, 2.05) is 6.92 Å². The smallest absolute Gasteiger partial charge is 0.403 e. The van der Waals surface area contributed by atoms with Gasteiger partial charge in [-0.25, -0.2) is 0 Å². The van der Waals surface area contributed by atoms with Crippen LogP contribution in [0.2, 0.25) is 11.6 Å². The van der Waals surface area contributed by atoms with Crippen LogP contribution < -0.4 is 0 Å². The Morgan fingerprint density at radius 3 is 1.97 bits per heavy atom. The summed E-state index contributed by atoms with van der Waals surface area (Å²) in [6.07, 6.45) is 10.8. The van der Waals surface area contributed by atoms with Gasteiger partial charge in [0.15, 0.2) is 0 Å². The molecule has 0 aromatic rings. The molecule has 180 valence electrons. The maximum atomic E-state index is 6.83. The fraction of sp³-hybridized carbons (Fsp3) is 0.846. The SMILES string of the molecule is C=C[C@](C)(B1OC(C)(C)C(C)(CCC2(C)OB(CC(=C)C)OC2(C)C)O1)C1CCCCC1. The third kappa shape index (κ3) is 4.67.